The molecule has 102 valence electrons. The van der Waals surface area contributed by atoms with Crippen LogP contribution in [0.5, 0.6) is 0 Å². The molecule has 6 heteroatoms. The van der Waals surface area contributed by atoms with Crippen molar-refractivity contribution in [3.63, 3.8) is 0 Å². The average molecular weight is 444 g/mol. The van der Waals surface area contributed by atoms with Crippen molar-refractivity contribution in [2.45, 2.75) is 13.0 Å². The third kappa shape index (κ3) is 3.55. The maximum Gasteiger partial charge on any atom is 0.0843 e. The molecule has 1 nitrogen and oxygen atoms in total. The molecule has 0 radical (unpaired) electrons. The largest absolute Gasteiger partial charge is 0.306 e. The fraction of sp³-hybridized carbons (Fsp3) is 0.231. The summed E-state index contributed by atoms with van der Waals surface area (Å²) in [5.41, 5.74) is 0.997. The Kier molecular flexibility index (Phi) is 5.76. The monoisotopic (exact) mass is 441 g/mol. The predicted octanol–water partition coefficient (Wildman–Crippen LogP) is 6.28. The molecule has 0 aliphatic heterocycles. The summed E-state index contributed by atoms with van der Waals surface area (Å²) in [6.07, 6.45) is 0. The molecule has 0 saturated heterocycles. The van der Waals surface area contributed by atoms with Crippen molar-refractivity contribution in [1.82, 2.24) is 5.32 Å². The van der Waals surface area contributed by atoms with Crippen molar-refractivity contribution in [1.29, 1.82) is 0 Å². The van der Waals surface area contributed by atoms with Crippen LogP contribution in [0, 0.1) is 0 Å². The van der Waals surface area contributed by atoms with Gasteiger partial charge in [-0.3, -0.25) is 0 Å². The van der Waals surface area contributed by atoms with E-state index in [4.69, 9.17) is 23.2 Å². The first-order chi connectivity index (χ1) is 9.04. The zero-order chi connectivity index (χ0) is 14.0. The first-order valence-electron chi connectivity index (χ1n) is 5.66. The standard InChI is InChI=1S/C13H11Br2Cl2NS/c1-2-18-12(10-6-8(14)13(15)19-10)7-4-3-5-9(16)11(7)17/h3-6,12,18H,2H2,1H3. The normalized spacial score (nSPS) is 12.7. The van der Waals surface area contributed by atoms with E-state index in [1.807, 2.05) is 12.1 Å². The Morgan fingerprint density at radius 3 is 2.63 bits per heavy atom. The maximum absolute atomic E-state index is 6.33. The lowest BCUT2D eigenvalue weighted by molar-refractivity contribution is 0.640. The topological polar surface area (TPSA) is 12.0 Å². The minimum Gasteiger partial charge on any atom is -0.306 e. The van der Waals surface area contributed by atoms with Crippen LogP contribution in [0.25, 0.3) is 0 Å². The van der Waals surface area contributed by atoms with Crippen LogP contribution in [-0.4, -0.2) is 6.54 Å². The molecular weight excluding hydrogens is 433 g/mol. The molecule has 1 unspecified atom stereocenters. The van der Waals surface area contributed by atoms with Gasteiger partial charge >= 0.3 is 0 Å². The Hall–Kier alpha value is 0.420. The van der Waals surface area contributed by atoms with Crippen LogP contribution < -0.4 is 5.32 Å². The molecule has 0 bridgehead atoms. The van der Waals surface area contributed by atoms with Gasteiger partial charge in [-0.25, -0.2) is 0 Å². The van der Waals surface area contributed by atoms with Crippen LogP contribution in [0.3, 0.4) is 0 Å². The van der Waals surface area contributed by atoms with Crippen molar-refractivity contribution in [2.75, 3.05) is 6.54 Å². The van der Waals surface area contributed by atoms with E-state index in [9.17, 15) is 0 Å². The van der Waals surface area contributed by atoms with Crippen LogP contribution in [0.15, 0.2) is 32.5 Å². The van der Waals surface area contributed by atoms with E-state index >= 15 is 0 Å². The van der Waals surface area contributed by atoms with E-state index in [0.717, 1.165) is 20.4 Å². The van der Waals surface area contributed by atoms with Crippen LogP contribution in [0.2, 0.25) is 10.0 Å². The second-order valence-corrected chi connectivity index (χ2v) is 7.95. The van der Waals surface area contributed by atoms with Crippen molar-refractivity contribution < 1.29 is 0 Å². The lowest BCUT2D eigenvalue weighted by atomic mass is 10.1. The molecular formula is C13H11Br2Cl2NS. The molecule has 0 spiro atoms. The summed E-state index contributed by atoms with van der Waals surface area (Å²) in [5, 5.41) is 4.64. The molecule has 2 aromatic rings. The molecule has 1 atom stereocenters. The number of nitrogens with one attached hydrogen (secondary N) is 1. The number of thiophene rings is 1. The van der Waals surface area contributed by atoms with E-state index in [-0.39, 0.29) is 6.04 Å². The van der Waals surface area contributed by atoms with Crippen molar-refractivity contribution in [2.24, 2.45) is 0 Å². The van der Waals surface area contributed by atoms with E-state index in [2.05, 4.69) is 50.2 Å². The number of benzene rings is 1. The highest BCUT2D eigenvalue weighted by Crippen LogP contribution is 2.40. The van der Waals surface area contributed by atoms with E-state index in [0.29, 0.717) is 10.0 Å². The zero-order valence-corrected chi connectivity index (χ0v) is 15.5. The molecule has 0 fully saturated rings. The van der Waals surface area contributed by atoms with Crippen LogP contribution in [-0.2, 0) is 0 Å². The highest BCUT2D eigenvalue weighted by Gasteiger charge is 2.20. The van der Waals surface area contributed by atoms with Gasteiger partial charge < -0.3 is 5.32 Å². The molecule has 1 N–H and O–H groups in total. The van der Waals surface area contributed by atoms with Gasteiger partial charge in [-0.1, -0.05) is 42.3 Å². The Bertz CT molecular complexity index is 567. The first kappa shape index (κ1) is 15.8. The van der Waals surface area contributed by atoms with E-state index in [1.165, 1.54) is 4.88 Å². The highest BCUT2D eigenvalue weighted by atomic mass is 79.9. The molecule has 1 aromatic heterocycles. The first-order valence-corrected chi connectivity index (χ1v) is 8.82. The Morgan fingerprint density at radius 2 is 2.05 bits per heavy atom. The molecule has 0 saturated carbocycles. The van der Waals surface area contributed by atoms with Crippen LogP contribution in [0.4, 0.5) is 0 Å². The van der Waals surface area contributed by atoms with E-state index in [1.54, 1.807) is 17.4 Å². The molecule has 1 heterocycles. The number of hydrogen-bond donors (Lipinski definition) is 1. The summed E-state index contributed by atoms with van der Waals surface area (Å²) < 4.78 is 2.12. The minimum absolute atomic E-state index is 0.0452. The van der Waals surface area contributed by atoms with Crippen molar-refractivity contribution in [3.8, 4) is 0 Å². The molecule has 2 rings (SSSR count). The summed E-state index contributed by atoms with van der Waals surface area (Å²) >= 11 is 21.2. The maximum atomic E-state index is 6.33. The third-order valence-corrected chi connectivity index (χ3v) is 6.80. The fourth-order valence-corrected chi connectivity index (χ4v) is 4.42. The second-order valence-electron chi connectivity index (χ2n) is 3.90. The quantitative estimate of drug-likeness (QED) is 0.586. The number of halogens is 4. The van der Waals surface area contributed by atoms with Crippen molar-refractivity contribution >= 4 is 66.4 Å². The molecule has 19 heavy (non-hydrogen) atoms. The van der Waals surface area contributed by atoms with E-state index < -0.39 is 0 Å². The molecule has 1 aromatic carbocycles. The SMILES string of the molecule is CCNC(c1cc(Br)c(Br)s1)c1cccc(Cl)c1Cl. The molecule has 0 aliphatic carbocycles. The Morgan fingerprint density at radius 1 is 1.32 bits per heavy atom. The molecule has 0 aliphatic rings. The van der Waals surface area contributed by atoms with Gasteiger partial charge in [-0.2, -0.15) is 0 Å². The summed E-state index contributed by atoms with van der Waals surface area (Å²) in [5.74, 6) is 0. The van der Waals surface area contributed by atoms with Crippen LogP contribution in [0.1, 0.15) is 23.4 Å². The van der Waals surface area contributed by atoms with Gasteiger partial charge in [0.15, 0.2) is 0 Å². The average Bonchev–Trinajstić information content (AvgIpc) is 2.70. The lowest BCUT2D eigenvalue weighted by Crippen LogP contribution is -2.21. The highest BCUT2D eigenvalue weighted by molar-refractivity contribution is 9.13. The Balaban J connectivity index is 2.48. The predicted molar refractivity (Wildman–Crippen MR) is 91.7 cm³/mol. The Labute approximate surface area is 143 Å². The number of rotatable bonds is 4. The van der Waals surface area contributed by atoms with Gasteiger partial charge in [0, 0.05) is 9.35 Å². The van der Waals surface area contributed by atoms with Gasteiger partial charge in [0.2, 0.25) is 0 Å². The van der Waals surface area contributed by atoms with Gasteiger partial charge in [0.05, 0.1) is 19.9 Å². The summed E-state index contributed by atoms with van der Waals surface area (Å²) in [6.45, 7) is 2.92. The van der Waals surface area contributed by atoms with Gasteiger partial charge in [-0.05, 0) is 56.1 Å². The zero-order valence-electron chi connectivity index (χ0n) is 10.0. The third-order valence-electron chi connectivity index (χ3n) is 2.65. The van der Waals surface area contributed by atoms with Gasteiger partial charge in [0.25, 0.3) is 0 Å². The summed E-state index contributed by atoms with van der Waals surface area (Å²) in [6, 6.07) is 7.87. The summed E-state index contributed by atoms with van der Waals surface area (Å²) in [7, 11) is 0. The van der Waals surface area contributed by atoms with Gasteiger partial charge in [-0.15, -0.1) is 11.3 Å². The second kappa shape index (κ2) is 6.92. The van der Waals surface area contributed by atoms with Gasteiger partial charge in [0.1, 0.15) is 0 Å². The lowest BCUT2D eigenvalue weighted by Gasteiger charge is -2.18. The minimum atomic E-state index is 0.0452. The number of hydrogen-bond acceptors (Lipinski definition) is 2. The van der Waals surface area contributed by atoms with Crippen molar-refractivity contribution in [3.05, 3.63) is 53.0 Å². The smallest absolute Gasteiger partial charge is 0.0843 e. The summed E-state index contributed by atoms with van der Waals surface area (Å²) in [4.78, 5) is 1.18. The fourth-order valence-electron chi connectivity index (χ4n) is 1.82. The molecule has 0 amide bonds. The van der Waals surface area contributed by atoms with Crippen LogP contribution >= 0.6 is 66.4 Å².